The zero-order valence-electron chi connectivity index (χ0n) is 62.3. The van der Waals surface area contributed by atoms with Gasteiger partial charge in [0.1, 0.15) is 6.07 Å². The van der Waals surface area contributed by atoms with Crippen molar-refractivity contribution in [2.75, 3.05) is 0 Å². The second-order valence-corrected chi connectivity index (χ2v) is 17.6. The maximum Gasteiger partial charge on any atom is 0.237 e. The number of nitrogens with zero attached hydrogens (tertiary/aromatic N) is 7. The SMILES string of the molecule is [2H]c1c([2H])c([2H])c2c(c1[2H])c1c([2H])c([2H])c([2H])c([2H])c1n2-c1c(C#N)c(-n2c3ccccc3c3ccc4c5ccccc5n(-c5ccccc5)c4c32)c([N+]#[C-])c(-n2c3c([2H])c([2H])c([2H])c([2H])c3c3c([2H])c([2H])c([2H])c([2H])c32)c1-n1c2c([2H])c([2H])c([2H])c([2H])c2c2c([2H])c([2H])c([2H])c([2H])c21. The minimum atomic E-state index is -1.00. The van der Waals surface area contributed by atoms with Gasteiger partial charge in [-0.25, -0.2) is 4.85 Å². The van der Waals surface area contributed by atoms with Crippen LogP contribution in [0.2, 0.25) is 0 Å². The van der Waals surface area contributed by atoms with Crippen LogP contribution in [0.15, 0.2) is 236 Å². The fourth-order valence-electron chi connectivity index (χ4n) is 11.3. The molecule has 0 saturated heterocycles. The van der Waals surface area contributed by atoms with Crippen molar-refractivity contribution < 1.29 is 32.9 Å². The van der Waals surface area contributed by atoms with Crippen LogP contribution in [0.3, 0.4) is 0 Å². The first-order valence-corrected chi connectivity index (χ1v) is 23.3. The summed E-state index contributed by atoms with van der Waals surface area (Å²) in [5.41, 5.74) is -6.89. The highest BCUT2D eigenvalue weighted by atomic mass is 15.1. The minimum absolute atomic E-state index is 0.216. The fourth-order valence-corrected chi connectivity index (χ4v) is 11.3. The number of rotatable bonds is 5. The lowest BCUT2D eigenvalue weighted by Crippen LogP contribution is -2.14. The average molecular weight is 978 g/mol. The Hall–Kier alpha value is -10.6. The maximum atomic E-state index is 13.0. The van der Waals surface area contributed by atoms with Crippen LogP contribution in [-0.2, 0) is 0 Å². The van der Waals surface area contributed by atoms with Crippen LogP contribution >= 0.6 is 0 Å². The molecule has 346 valence electrons. The summed E-state index contributed by atoms with van der Waals surface area (Å²) in [5.74, 6) is 0. The van der Waals surface area contributed by atoms with Gasteiger partial charge in [0, 0.05) is 59.5 Å². The molecule has 0 radical (unpaired) electrons. The third-order valence-corrected chi connectivity index (χ3v) is 14.1. The fraction of sp³-hybridized carbons (Fsp3) is 0. The molecule has 75 heavy (non-hydrogen) atoms. The number of hydrogen-bond acceptors (Lipinski definition) is 1. The predicted molar refractivity (Wildman–Crippen MR) is 309 cm³/mol. The predicted octanol–water partition coefficient (Wildman–Crippen LogP) is 17.6. The van der Waals surface area contributed by atoms with Gasteiger partial charge >= 0.3 is 0 Å². The lowest BCUT2D eigenvalue weighted by atomic mass is 10.0. The van der Waals surface area contributed by atoms with Crippen molar-refractivity contribution in [1.29, 1.82) is 5.26 Å². The summed E-state index contributed by atoms with van der Waals surface area (Å²) >= 11 is 0. The van der Waals surface area contributed by atoms with E-state index < -0.39 is 244 Å². The van der Waals surface area contributed by atoms with Crippen molar-refractivity contribution in [3.63, 3.8) is 0 Å². The summed E-state index contributed by atoms with van der Waals surface area (Å²) in [4.78, 5) is 4.34. The van der Waals surface area contributed by atoms with E-state index in [-0.39, 0.29) is 11.0 Å². The molecule has 7 nitrogen and oxygen atoms in total. The smallest absolute Gasteiger partial charge is 0.237 e. The molecule has 0 amide bonds. The topological polar surface area (TPSA) is 52.8 Å². The Morgan fingerprint density at radius 2 is 0.693 bits per heavy atom. The second-order valence-electron chi connectivity index (χ2n) is 17.6. The Bertz CT molecular complexity index is 6250. The number of fused-ring (bicyclic) bond motifs is 16. The Balaban J connectivity index is 1.36. The summed E-state index contributed by atoms with van der Waals surface area (Å²) in [6, 6.07) is 6.75. The van der Waals surface area contributed by atoms with Crippen molar-refractivity contribution >= 4 is 115 Å². The van der Waals surface area contributed by atoms with E-state index in [9.17, 15) is 36.5 Å². The van der Waals surface area contributed by atoms with Crippen molar-refractivity contribution in [2.24, 2.45) is 0 Å². The number of hydrogen-bond donors (Lipinski definition) is 0. The molecule has 0 N–H and O–H groups in total. The molecule has 5 aromatic heterocycles. The highest BCUT2D eigenvalue weighted by Gasteiger charge is 2.35. The van der Waals surface area contributed by atoms with Gasteiger partial charge in [-0.2, -0.15) is 5.26 Å². The van der Waals surface area contributed by atoms with Crippen molar-refractivity contribution in [1.82, 2.24) is 22.8 Å². The first kappa shape index (κ1) is 24.2. The molecule has 0 aliphatic carbocycles. The zero-order chi connectivity index (χ0) is 70.4. The molecule has 0 saturated carbocycles. The molecule has 0 aliphatic heterocycles. The van der Waals surface area contributed by atoms with Crippen LogP contribution < -0.4 is 0 Å². The Kier molecular flexibility index (Phi) is 4.99. The van der Waals surface area contributed by atoms with E-state index in [4.69, 9.17) is 8.22 Å². The lowest BCUT2D eigenvalue weighted by Gasteiger charge is -2.27. The van der Waals surface area contributed by atoms with Gasteiger partial charge in [0.05, 0.1) is 123 Å². The average Bonchev–Trinajstić information content (AvgIpc) is 1.51. The van der Waals surface area contributed by atoms with Crippen molar-refractivity contribution in [3.05, 3.63) is 253 Å². The van der Waals surface area contributed by atoms with Gasteiger partial charge < -0.3 is 22.8 Å². The Morgan fingerprint density at radius 3 is 1.12 bits per heavy atom. The Labute approximate surface area is 462 Å². The molecule has 16 rings (SSSR count). The van der Waals surface area contributed by atoms with Crippen LogP contribution in [0.25, 0.3) is 142 Å². The van der Waals surface area contributed by atoms with Gasteiger partial charge in [0.25, 0.3) is 0 Å². The third-order valence-electron chi connectivity index (χ3n) is 14.1. The molecule has 7 heteroatoms. The molecule has 0 aliphatic rings. The molecular formula is C68H39N7. The summed E-state index contributed by atoms with van der Waals surface area (Å²) in [6.45, 7) is 9.99. The molecule has 5 heterocycles. The maximum absolute atomic E-state index is 13.0. The van der Waals surface area contributed by atoms with Crippen LogP contribution in [0.4, 0.5) is 5.69 Å². The van der Waals surface area contributed by atoms with E-state index in [0.717, 1.165) is 13.7 Å². The Morgan fingerprint density at radius 1 is 0.333 bits per heavy atom. The molecule has 0 atom stereocenters. The monoisotopic (exact) mass is 977 g/mol. The molecule has 0 bridgehead atoms. The summed E-state index contributed by atoms with van der Waals surface area (Å²) in [5, 5.41) is 11.7. The molecule has 0 fully saturated rings. The first-order valence-electron chi connectivity index (χ1n) is 35.3. The zero-order valence-corrected chi connectivity index (χ0v) is 38.3. The molecular weight excluding hydrogens is 915 g/mol. The first-order chi connectivity index (χ1) is 47.2. The number of aromatic nitrogens is 5. The van der Waals surface area contributed by atoms with Crippen LogP contribution in [0, 0.1) is 17.9 Å². The van der Waals surface area contributed by atoms with Gasteiger partial charge in [-0.3, -0.25) is 0 Å². The largest absolute Gasteiger partial charge is 0.317 e. The molecule has 11 aromatic carbocycles. The summed E-state index contributed by atoms with van der Waals surface area (Å²) in [6.07, 6.45) is 0. The van der Waals surface area contributed by atoms with E-state index in [1.54, 1.807) is 24.3 Å². The van der Waals surface area contributed by atoms with Gasteiger partial charge in [0.15, 0.2) is 0 Å². The van der Waals surface area contributed by atoms with Gasteiger partial charge in [-0.1, -0.05) is 175 Å². The van der Waals surface area contributed by atoms with Crippen LogP contribution in [-0.4, -0.2) is 22.8 Å². The van der Waals surface area contributed by atoms with Gasteiger partial charge in [0.2, 0.25) is 5.69 Å². The molecule has 0 spiro atoms. The normalized spacial score (nSPS) is 16.5. The highest BCUT2D eigenvalue weighted by Crippen LogP contribution is 2.53. The third kappa shape index (κ3) is 5.40. The minimum Gasteiger partial charge on any atom is -0.317 e. The highest BCUT2D eigenvalue weighted by molar-refractivity contribution is 6.25. The van der Waals surface area contributed by atoms with Crippen LogP contribution in [0.1, 0.15) is 38.5 Å². The molecule has 16 aromatic rings. The standard InChI is InChI=1S/C68H39N7/c1-70-62-63(75-61-38-20-12-30-50(61)52-40-39-51-49-29-11-13-31-54(49)71(64(51)65(52)75)42-21-3-2-4-22-42)53(41-69)66(72-55-32-14-5-23-43(55)44-24-6-15-33-56(44)72)68(74-59-36-18-9-27-47(59)48-28-10-19-37-60(48)74)67(62)73-57-34-16-7-25-45(57)46-26-8-17-35-58(46)73/h2-40H/i5D,6D,7D,8D,9D,10D,14D,15D,16D,17D,18D,19D,23D,24D,25D,26D,27D,28D,32D,33D,34D,35D,36D,37D. The summed E-state index contributed by atoms with van der Waals surface area (Å²) in [7, 11) is 0. The second kappa shape index (κ2) is 15.5. The van der Waals surface area contributed by atoms with Crippen molar-refractivity contribution in [2.45, 2.75) is 0 Å². The van der Waals surface area contributed by atoms with Crippen LogP contribution in [0.5, 0.6) is 0 Å². The quantitative estimate of drug-likeness (QED) is 0.159. The van der Waals surface area contributed by atoms with Gasteiger partial charge in [-0.15, -0.1) is 0 Å². The summed E-state index contributed by atoms with van der Waals surface area (Å²) < 4.78 is 236. The van der Waals surface area contributed by atoms with E-state index >= 15 is 0 Å². The number of para-hydroxylation sites is 9. The van der Waals surface area contributed by atoms with Gasteiger partial charge in [-0.05, 0) is 60.5 Å². The molecule has 0 unspecified atom stereocenters. The van der Waals surface area contributed by atoms with E-state index in [1.807, 2.05) is 71.3 Å². The number of nitriles is 1. The lowest BCUT2D eigenvalue weighted by molar-refractivity contribution is 1.03. The van der Waals surface area contributed by atoms with E-state index in [2.05, 4.69) is 10.9 Å². The number of benzene rings is 11. The van der Waals surface area contributed by atoms with E-state index in [1.165, 1.54) is 4.57 Å². The van der Waals surface area contributed by atoms with Crippen molar-refractivity contribution in [3.8, 4) is 34.5 Å². The van der Waals surface area contributed by atoms with E-state index in [0.29, 0.717) is 38.3 Å².